The van der Waals surface area contributed by atoms with Gasteiger partial charge in [-0.1, -0.05) is 18.2 Å². The molecule has 0 atom stereocenters. The summed E-state index contributed by atoms with van der Waals surface area (Å²) >= 11 is 0. The van der Waals surface area contributed by atoms with Crippen LogP contribution in [-0.2, 0) is 0 Å². The predicted molar refractivity (Wildman–Crippen MR) is 60.1 cm³/mol. The van der Waals surface area contributed by atoms with Crippen LogP contribution >= 0.6 is 0 Å². The highest BCUT2D eigenvalue weighted by atomic mass is 15.2. The van der Waals surface area contributed by atoms with Crippen LogP contribution in [-0.4, -0.2) is 14.8 Å². The van der Waals surface area contributed by atoms with Crippen molar-refractivity contribution in [3.05, 3.63) is 48.3 Å². The fraction of sp³-hybridized carbons (Fsp3) is 0. The second-order valence-corrected chi connectivity index (χ2v) is 3.48. The van der Waals surface area contributed by atoms with Crippen LogP contribution in [0.25, 0.3) is 16.7 Å². The first-order valence-corrected chi connectivity index (χ1v) is 4.90. The Hall–Kier alpha value is -2.54. The predicted octanol–water partition coefficient (Wildman–Crippen LogP) is 2.23. The molecule has 3 aromatic rings. The average molecular weight is 208 g/mol. The van der Waals surface area contributed by atoms with Gasteiger partial charge >= 0.3 is 0 Å². The Balaban J connectivity index is 2.39. The zero-order chi connectivity index (χ0) is 11.0. The third-order valence-electron chi connectivity index (χ3n) is 2.58. The van der Waals surface area contributed by atoms with Crippen molar-refractivity contribution in [2.24, 2.45) is 0 Å². The van der Waals surface area contributed by atoms with E-state index in [-0.39, 0.29) is 0 Å². The van der Waals surface area contributed by atoms with Gasteiger partial charge in [-0.15, -0.1) is 0 Å². The molecule has 0 saturated carbocycles. The van der Waals surface area contributed by atoms with Crippen molar-refractivity contribution in [3.63, 3.8) is 0 Å². The lowest BCUT2D eigenvalue weighted by atomic mass is 10.2. The number of hydrogen-bond acceptors (Lipinski definition) is 2. The molecule has 76 valence electrons. The van der Waals surface area contributed by atoms with Gasteiger partial charge in [-0.05, 0) is 6.07 Å². The van der Waals surface area contributed by atoms with Crippen molar-refractivity contribution >= 4 is 10.9 Å². The van der Waals surface area contributed by atoms with E-state index < -0.39 is 0 Å². The lowest BCUT2D eigenvalue weighted by Crippen LogP contribution is -1.91. The number of aromatic nitrogens is 3. The second-order valence-electron chi connectivity index (χ2n) is 3.48. The minimum Gasteiger partial charge on any atom is -0.300 e. The lowest BCUT2D eigenvalue weighted by molar-refractivity contribution is 0.987. The second kappa shape index (κ2) is 3.24. The molecule has 0 saturated heterocycles. The minimum absolute atomic E-state index is 0.671. The maximum Gasteiger partial charge on any atom is 0.132 e. The smallest absolute Gasteiger partial charge is 0.132 e. The third-order valence-corrected chi connectivity index (χ3v) is 2.58. The van der Waals surface area contributed by atoms with Gasteiger partial charge in [0, 0.05) is 17.6 Å². The number of hydrogen-bond donors (Lipinski definition) is 1. The van der Waals surface area contributed by atoms with Crippen molar-refractivity contribution in [2.75, 3.05) is 0 Å². The van der Waals surface area contributed by atoms with Gasteiger partial charge < -0.3 is 4.57 Å². The van der Waals surface area contributed by atoms with Gasteiger partial charge in [0.15, 0.2) is 0 Å². The molecule has 1 N–H and O–H groups in total. The molecule has 0 aliphatic carbocycles. The Morgan fingerprint density at radius 1 is 1.25 bits per heavy atom. The number of nitrogens with one attached hydrogen (secondary N) is 1. The summed E-state index contributed by atoms with van der Waals surface area (Å²) in [6, 6.07) is 11.9. The van der Waals surface area contributed by atoms with Gasteiger partial charge in [-0.3, -0.25) is 5.10 Å². The summed E-state index contributed by atoms with van der Waals surface area (Å²) in [6.07, 6.45) is 3.51. The minimum atomic E-state index is 0.671. The molecule has 0 fully saturated rings. The van der Waals surface area contributed by atoms with Crippen molar-refractivity contribution in [1.29, 1.82) is 5.26 Å². The van der Waals surface area contributed by atoms with E-state index in [2.05, 4.69) is 16.3 Å². The topological polar surface area (TPSA) is 57.4 Å². The number of para-hydroxylation sites is 1. The largest absolute Gasteiger partial charge is 0.300 e. The molecule has 4 nitrogen and oxygen atoms in total. The molecular weight excluding hydrogens is 200 g/mol. The summed E-state index contributed by atoms with van der Waals surface area (Å²) in [5.41, 5.74) is 1.67. The molecule has 0 spiro atoms. The van der Waals surface area contributed by atoms with Crippen LogP contribution in [0, 0.1) is 11.3 Å². The summed E-state index contributed by atoms with van der Waals surface area (Å²) in [7, 11) is 0. The van der Waals surface area contributed by atoms with E-state index in [4.69, 9.17) is 5.26 Å². The van der Waals surface area contributed by atoms with E-state index in [0.717, 1.165) is 16.7 Å². The van der Waals surface area contributed by atoms with Crippen LogP contribution in [0.4, 0.5) is 0 Å². The first-order chi connectivity index (χ1) is 7.90. The zero-order valence-electron chi connectivity index (χ0n) is 8.38. The van der Waals surface area contributed by atoms with E-state index in [1.165, 1.54) is 0 Å². The Morgan fingerprint density at radius 2 is 2.12 bits per heavy atom. The summed E-state index contributed by atoms with van der Waals surface area (Å²) in [5.74, 6) is 0.859. The number of fused-ring (bicyclic) bond motifs is 1. The lowest BCUT2D eigenvalue weighted by Gasteiger charge is -1.99. The molecule has 0 aliphatic heterocycles. The van der Waals surface area contributed by atoms with Crippen LogP contribution in [0.5, 0.6) is 0 Å². The summed E-state index contributed by atoms with van der Waals surface area (Å²) in [4.78, 5) is 0. The monoisotopic (exact) mass is 208 g/mol. The van der Waals surface area contributed by atoms with Crippen molar-refractivity contribution in [2.45, 2.75) is 0 Å². The average Bonchev–Trinajstić information content (AvgIpc) is 2.95. The van der Waals surface area contributed by atoms with Crippen molar-refractivity contribution < 1.29 is 0 Å². The molecular formula is C12H8N4. The van der Waals surface area contributed by atoms with Gasteiger partial charge in [0.25, 0.3) is 0 Å². The van der Waals surface area contributed by atoms with E-state index >= 15 is 0 Å². The van der Waals surface area contributed by atoms with E-state index in [1.807, 2.05) is 41.1 Å². The van der Waals surface area contributed by atoms with E-state index in [9.17, 15) is 0 Å². The number of nitrogens with zero attached hydrogens (tertiary/aromatic N) is 3. The Kier molecular flexibility index (Phi) is 1.77. The Labute approximate surface area is 91.7 Å². The van der Waals surface area contributed by atoms with E-state index in [0.29, 0.717) is 5.56 Å². The summed E-state index contributed by atoms with van der Waals surface area (Å²) < 4.78 is 1.93. The van der Waals surface area contributed by atoms with Crippen LogP contribution in [0.3, 0.4) is 0 Å². The van der Waals surface area contributed by atoms with Gasteiger partial charge in [0.1, 0.15) is 11.9 Å². The zero-order valence-corrected chi connectivity index (χ0v) is 8.38. The van der Waals surface area contributed by atoms with Gasteiger partial charge in [-0.25, -0.2) is 0 Å². The highest BCUT2D eigenvalue weighted by molar-refractivity contribution is 5.87. The molecule has 16 heavy (non-hydrogen) atoms. The molecule has 3 rings (SSSR count). The number of benzene rings is 1. The van der Waals surface area contributed by atoms with Gasteiger partial charge in [-0.2, -0.15) is 10.4 Å². The van der Waals surface area contributed by atoms with Crippen molar-refractivity contribution in [3.8, 4) is 11.9 Å². The fourth-order valence-electron chi connectivity index (χ4n) is 1.85. The Morgan fingerprint density at radius 3 is 2.88 bits per heavy atom. The SMILES string of the molecule is N#Cc1cn(-c2ccn[nH]2)c2ccccc12. The standard InChI is InChI=1S/C12H8N4/c13-7-9-8-16(12-5-6-14-15-12)11-4-2-1-3-10(9)11/h1-6,8H,(H,14,15). The molecule has 0 unspecified atom stereocenters. The molecule has 0 amide bonds. The number of rotatable bonds is 1. The number of nitriles is 1. The molecule has 2 aromatic heterocycles. The normalized spacial score (nSPS) is 10.4. The van der Waals surface area contributed by atoms with Gasteiger partial charge in [0.2, 0.25) is 0 Å². The fourth-order valence-corrected chi connectivity index (χ4v) is 1.85. The maximum atomic E-state index is 9.06. The van der Waals surface area contributed by atoms with E-state index in [1.54, 1.807) is 6.20 Å². The number of H-pyrrole nitrogens is 1. The van der Waals surface area contributed by atoms with Crippen LogP contribution in [0.15, 0.2) is 42.7 Å². The molecule has 2 heterocycles. The number of aromatic amines is 1. The third kappa shape index (κ3) is 1.12. The quantitative estimate of drug-likeness (QED) is 0.666. The van der Waals surface area contributed by atoms with Gasteiger partial charge in [0.05, 0.1) is 17.3 Å². The first kappa shape index (κ1) is 8.74. The molecule has 0 bridgehead atoms. The Bertz CT molecular complexity index is 671. The van der Waals surface area contributed by atoms with Crippen LogP contribution in [0.2, 0.25) is 0 Å². The highest BCUT2D eigenvalue weighted by Gasteiger charge is 2.08. The molecule has 4 heteroatoms. The first-order valence-electron chi connectivity index (χ1n) is 4.90. The molecule has 1 aromatic carbocycles. The van der Waals surface area contributed by atoms with Crippen LogP contribution in [0.1, 0.15) is 5.56 Å². The maximum absolute atomic E-state index is 9.06. The van der Waals surface area contributed by atoms with Crippen molar-refractivity contribution in [1.82, 2.24) is 14.8 Å². The highest BCUT2D eigenvalue weighted by Crippen LogP contribution is 2.22. The molecule has 0 aliphatic rings. The molecule has 0 radical (unpaired) electrons. The summed E-state index contributed by atoms with van der Waals surface area (Å²) in [5, 5.41) is 16.8. The van der Waals surface area contributed by atoms with Crippen LogP contribution < -0.4 is 0 Å². The summed E-state index contributed by atoms with van der Waals surface area (Å²) in [6.45, 7) is 0.